The molecule has 0 bridgehead atoms. The van der Waals surface area contributed by atoms with E-state index in [1.807, 2.05) is 0 Å². The van der Waals surface area contributed by atoms with Gasteiger partial charge < -0.3 is 9.47 Å². The molecule has 0 saturated carbocycles. The highest BCUT2D eigenvalue weighted by Gasteiger charge is 2.16. The lowest BCUT2D eigenvalue weighted by atomic mass is 9.97. The Morgan fingerprint density at radius 3 is 1.72 bits per heavy atom. The van der Waals surface area contributed by atoms with Gasteiger partial charge in [0.25, 0.3) is 0 Å². The van der Waals surface area contributed by atoms with Gasteiger partial charge in [-0.3, -0.25) is 14.4 Å². The molecule has 0 amide bonds. The van der Waals surface area contributed by atoms with Crippen molar-refractivity contribution in [3.05, 3.63) is 58.1 Å². The van der Waals surface area contributed by atoms with Crippen LogP contribution in [0.15, 0.2) is 30.3 Å². The molecule has 0 radical (unpaired) electrons. The fourth-order valence-electron chi connectivity index (χ4n) is 2.61. The number of ketones is 1. The Morgan fingerprint density at radius 2 is 1.24 bits per heavy atom. The molecule has 0 atom stereocenters. The van der Waals surface area contributed by atoms with Gasteiger partial charge in [0.15, 0.2) is 5.78 Å². The highest BCUT2D eigenvalue weighted by molar-refractivity contribution is 6.09. The number of hydrogen-bond donors (Lipinski definition) is 0. The van der Waals surface area contributed by atoms with Crippen molar-refractivity contribution < 1.29 is 23.9 Å². The van der Waals surface area contributed by atoms with E-state index in [0.717, 1.165) is 0 Å². The van der Waals surface area contributed by atoms with Crippen LogP contribution in [0, 0.1) is 20.8 Å². The molecule has 5 nitrogen and oxygen atoms in total. The van der Waals surface area contributed by atoms with Crippen molar-refractivity contribution in [1.82, 2.24) is 0 Å². The standard InChI is InChI=1S/C20H20O5/c1-11-8-16(6-7-18(11)24-14(4)21)19(23)17-9-12(2)20(13(3)10-17)25-15(5)22/h6-10H,1-5H3. The normalized spacial score (nSPS) is 10.3. The minimum atomic E-state index is -0.408. The number of hydrogen-bond acceptors (Lipinski definition) is 5. The summed E-state index contributed by atoms with van der Waals surface area (Å²) in [5.41, 5.74) is 3.13. The molecule has 5 heteroatoms. The Hall–Kier alpha value is -2.95. The zero-order chi connectivity index (χ0) is 18.7. The number of rotatable bonds is 4. The number of esters is 2. The van der Waals surface area contributed by atoms with Gasteiger partial charge in [0.2, 0.25) is 0 Å². The number of carbonyl (C=O) groups excluding carboxylic acids is 3. The van der Waals surface area contributed by atoms with Crippen molar-refractivity contribution in [3.63, 3.8) is 0 Å². The van der Waals surface area contributed by atoms with Gasteiger partial charge in [-0.15, -0.1) is 0 Å². The zero-order valence-corrected chi connectivity index (χ0v) is 14.9. The van der Waals surface area contributed by atoms with Gasteiger partial charge >= 0.3 is 11.9 Å². The van der Waals surface area contributed by atoms with E-state index in [0.29, 0.717) is 39.3 Å². The summed E-state index contributed by atoms with van der Waals surface area (Å²) >= 11 is 0. The summed E-state index contributed by atoms with van der Waals surface area (Å²) in [6.45, 7) is 8.02. The van der Waals surface area contributed by atoms with Crippen LogP contribution in [0.1, 0.15) is 46.5 Å². The first-order chi connectivity index (χ1) is 11.7. The molecule has 2 aromatic carbocycles. The van der Waals surface area contributed by atoms with E-state index in [4.69, 9.17) is 9.47 Å². The number of ether oxygens (including phenoxy) is 2. The van der Waals surface area contributed by atoms with Crippen molar-refractivity contribution in [1.29, 1.82) is 0 Å². The molecule has 2 aromatic rings. The fraction of sp³-hybridized carbons (Fsp3) is 0.250. The maximum absolute atomic E-state index is 12.8. The first-order valence-corrected chi connectivity index (χ1v) is 7.82. The van der Waals surface area contributed by atoms with Gasteiger partial charge in [-0.05, 0) is 67.8 Å². The highest BCUT2D eigenvalue weighted by Crippen LogP contribution is 2.27. The molecule has 0 heterocycles. The van der Waals surface area contributed by atoms with Crippen LogP contribution in [0.5, 0.6) is 11.5 Å². The summed E-state index contributed by atoms with van der Waals surface area (Å²) in [6, 6.07) is 8.31. The molecule has 25 heavy (non-hydrogen) atoms. The molecule has 0 aliphatic carbocycles. The Labute approximate surface area is 146 Å². The number of benzene rings is 2. The van der Waals surface area contributed by atoms with Crippen molar-refractivity contribution >= 4 is 17.7 Å². The molecule has 0 N–H and O–H groups in total. The minimum Gasteiger partial charge on any atom is -0.426 e. The largest absolute Gasteiger partial charge is 0.426 e. The lowest BCUT2D eigenvalue weighted by molar-refractivity contribution is -0.132. The lowest BCUT2D eigenvalue weighted by Gasteiger charge is -2.12. The summed E-state index contributed by atoms with van der Waals surface area (Å²) in [5, 5.41) is 0. The van der Waals surface area contributed by atoms with E-state index in [9.17, 15) is 14.4 Å². The molecule has 0 aliphatic rings. The third-order valence-electron chi connectivity index (χ3n) is 3.66. The maximum atomic E-state index is 12.8. The first kappa shape index (κ1) is 18.4. The second-order valence-electron chi connectivity index (χ2n) is 5.94. The molecule has 2 rings (SSSR count). The van der Waals surface area contributed by atoms with Crippen LogP contribution < -0.4 is 9.47 Å². The molecule has 0 saturated heterocycles. The maximum Gasteiger partial charge on any atom is 0.308 e. The summed E-state index contributed by atoms with van der Waals surface area (Å²) in [5.74, 6) is -0.0541. The van der Waals surface area contributed by atoms with Gasteiger partial charge in [0.1, 0.15) is 11.5 Å². The summed E-state index contributed by atoms with van der Waals surface area (Å²) in [7, 11) is 0. The quantitative estimate of drug-likeness (QED) is 0.482. The van der Waals surface area contributed by atoms with Crippen LogP contribution >= 0.6 is 0 Å². The van der Waals surface area contributed by atoms with Crippen LogP contribution in [-0.2, 0) is 9.59 Å². The van der Waals surface area contributed by atoms with Gasteiger partial charge in [-0.25, -0.2) is 0 Å². The highest BCUT2D eigenvalue weighted by atomic mass is 16.5. The van der Waals surface area contributed by atoms with E-state index < -0.39 is 11.9 Å². The van der Waals surface area contributed by atoms with Gasteiger partial charge in [0.05, 0.1) is 0 Å². The van der Waals surface area contributed by atoms with Gasteiger partial charge in [0, 0.05) is 25.0 Å². The van der Waals surface area contributed by atoms with Crippen LogP contribution in [-0.4, -0.2) is 17.7 Å². The van der Waals surface area contributed by atoms with E-state index in [-0.39, 0.29) is 5.78 Å². The molecule has 0 aromatic heterocycles. The zero-order valence-electron chi connectivity index (χ0n) is 14.9. The molecule has 0 unspecified atom stereocenters. The summed E-state index contributed by atoms with van der Waals surface area (Å²) in [4.78, 5) is 35.0. The number of aryl methyl sites for hydroxylation is 3. The average molecular weight is 340 g/mol. The van der Waals surface area contributed by atoms with Crippen LogP contribution in [0.3, 0.4) is 0 Å². The second-order valence-corrected chi connectivity index (χ2v) is 5.94. The van der Waals surface area contributed by atoms with Crippen molar-refractivity contribution in [2.45, 2.75) is 34.6 Å². The van der Waals surface area contributed by atoms with E-state index >= 15 is 0 Å². The Balaban J connectivity index is 2.36. The fourth-order valence-corrected chi connectivity index (χ4v) is 2.61. The SMILES string of the molecule is CC(=O)Oc1ccc(C(=O)c2cc(C)c(OC(C)=O)c(C)c2)cc1C. The van der Waals surface area contributed by atoms with Crippen molar-refractivity contribution in [2.75, 3.05) is 0 Å². The van der Waals surface area contributed by atoms with Gasteiger partial charge in [-0.1, -0.05) is 0 Å². The Kier molecular flexibility index (Phi) is 5.37. The Bertz CT molecular complexity index is 841. The third-order valence-corrected chi connectivity index (χ3v) is 3.66. The smallest absolute Gasteiger partial charge is 0.308 e. The second kappa shape index (κ2) is 7.30. The molecule has 130 valence electrons. The lowest BCUT2D eigenvalue weighted by Crippen LogP contribution is -2.08. The van der Waals surface area contributed by atoms with Crippen molar-refractivity contribution in [2.24, 2.45) is 0 Å². The third kappa shape index (κ3) is 4.32. The van der Waals surface area contributed by atoms with E-state index in [1.165, 1.54) is 13.8 Å². The first-order valence-electron chi connectivity index (χ1n) is 7.82. The van der Waals surface area contributed by atoms with Gasteiger partial charge in [-0.2, -0.15) is 0 Å². The van der Waals surface area contributed by atoms with E-state index in [2.05, 4.69) is 0 Å². The number of carbonyl (C=O) groups is 3. The van der Waals surface area contributed by atoms with Crippen LogP contribution in [0.25, 0.3) is 0 Å². The molecular formula is C20H20O5. The summed E-state index contributed by atoms with van der Waals surface area (Å²) < 4.78 is 10.3. The average Bonchev–Trinajstić information content (AvgIpc) is 2.51. The summed E-state index contributed by atoms with van der Waals surface area (Å²) in [6.07, 6.45) is 0. The van der Waals surface area contributed by atoms with Crippen molar-refractivity contribution in [3.8, 4) is 11.5 Å². The molecular weight excluding hydrogens is 320 g/mol. The predicted molar refractivity (Wildman–Crippen MR) is 93.1 cm³/mol. The topological polar surface area (TPSA) is 69.7 Å². The molecule has 0 aliphatic heterocycles. The predicted octanol–water partition coefficient (Wildman–Crippen LogP) is 3.69. The van der Waals surface area contributed by atoms with Crippen LogP contribution in [0.2, 0.25) is 0 Å². The molecule has 0 spiro atoms. The molecule has 0 fully saturated rings. The minimum absolute atomic E-state index is 0.155. The monoisotopic (exact) mass is 340 g/mol. The Morgan fingerprint density at radius 1 is 0.720 bits per heavy atom. The van der Waals surface area contributed by atoms with E-state index in [1.54, 1.807) is 51.1 Å². The van der Waals surface area contributed by atoms with Crippen LogP contribution in [0.4, 0.5) is 0 Å².